The molecule has 1 aliphatic carbocycles. The van der Waals surface area contributed by atoms with Crippen LogP contribution in [0.5, 0.6) is 0 Å². The van der Waals surface area contributed by atoms with Crippen LogP contribution in [0.25, 0.3) is 0 Å². The topological polar surface area (TPSA) is 0 Å². The van der Waals surface area contributed by atoms with Gasteiger partial charge in [-0.15, -0.1) is 6.58 Å². The molecule has 0 heterocycles. The Kier molecular flexibility index (Phi) is 2.98. The summed E-state index contributed by atoms with van der Waals surface area (Å²) in [6.07, 6.45) is 9.06. The van der Waals surface area contributed by atoms with Gasteiger partial charge in [0.15, 0.2) is 0 Å². The van der Waals surface area contributed by atoms with Gasteiger partial charge in [-0.2, -0.15) is 0 Å². The zero-order valence-corrected chi connectivity index (χ0v) is 6.97. The van der Waals surface area contributed by atoms with Gasteiger partial charge in [-0.1, -0.05) is 25.8 Å². The van der Waals surface area contributed by atoms with Gasteiger partial charge >= 0.3 is 0 Å². The maximum Gasteiger partial charge on any atom is -0.0322 e. The Labute approximate surface area is 64.3 Å². The summed E-state index contributed by atoms with van der Waals surface area (Å²) < 4.78 is 0. The smallest absolute Gasteiger partial charge is 0.0322 e. The third-order valence-electron chi connectivity index (χ3n) is 2.42. The monoisotopic (exact) mass is 138 g/mol. The van der Waals surface area contributed by atoms with Crippen molar-refractivity contribution < 1.29 is 0 Å². The maximum atomic E-state index is 3.79. The normalized spacial score (nSPS) is 20.5. The van der Waals surface area contributed by atoms with Gasteiger partial charge in [0.1, 0.15) is 0 Å². The fourth-order valence-corrected chi connectivity index (χ4v) is 1.70. The van der Waals surface area contributed by atoms with Crippen molar-refractivity contribution in [2.45, 2.75) is 39.0 Å². The first-order chi connectivity index (χ1) is 4.88. The standard InChI is InChI=1S/C10H18/c1-3-5-9(6-4-2)10-7-8-10/h3,9-10H,1,4-8H2,2H3. The lowest BCUT2D eigenvalue weighted by Gasteiger charge is -2.11. The molecule has 10 heavy (non-hydrogen) atoms. The van der Waals surface area contributed by atoms with Crippen molar-refractivity contribution in [2.24, 2.45) is 11.8 Å². The van der Waals surface area contributed by atoms with Crippen molar-refractivity contribution in [3.63, 3.8) is 0 Å². The fraction of sp³-hybridized carbons (Fsp3) is 0.800. The summed E-state index contributed by atoms with van der Waals surface area (Å²) >= 11 is 0. The molecule has 0 radical (unpaired) electrons. The Morgan fingerprint density at radius 1 is 1.60 bits per heavy atom. The predicted octanol–water partition coefficient (Wildman–Crippen LogP) is 3.39. The minimum absolute atomic E-state index is 0.975. The second kappa shape index (κ2) is 3.80. The number of allylic oxidation sites excluding steroid dienone is 1. The van der Waals surface area contributed by atoms with Crippen molar-refractivity contribution in [2.75, 3.05) is 0 Å². The third kappa shape index (κ3) is 2.17. The fourth-order valence-electron chi connectivity index (χ4n) is 1.70. The predicted molar refractivity (Wildman–Crippen MR) is 45.9 cm³/mol. The SMILES string of the molecule is C=CCC(CCC)C1CC1. The molecule has 0 spiro atoms. The summed E-state index contributed by atoms with van der Waals surface area (Å²) in [5.41, 5.74) is 0. The summed E-state index contributed by atoms with van der Waals surface area (Å²) in [6, 6.07) is 0. The lowest BCUT2D eigenvalue weighted by atomic mass is 9.95. The summed E-state index contributed by atoms with van der Waals surface area (Å²) in [5.74, 6) is 2.04. The maximum absolute atomic E-state index is 3.79. The molecular weight excluding hydrogens is 120 g/mol. The minimum atomic E-state index is 0.975. The Morgan fingerprint density at radius 2 is 2.30 bits per heavy atom. The minimum Gasteiger partial charge on any atom is -0.103 e. The van der Waals surface area contributed by atoms with Crippen LogP contribution in [0, 0.1) is 11.8 Å². The van der Waals surface area contributed by atoms with E-state index in [4.69, 9.17) is 0 Å². The lowest BCUT2D eigenvalue weighted by molar-refractivity contribution is 0.429. The quantitative estimate of drug-likeness (QED) is 0.511. The van der Waals surface area contributed by atoms with Crippen molar-refractivity contribution in [1.29, 1.82) is 0 Å². The molecule has 0 bridgehead atoms. The molecule has 1 aliphatic rings. The molecule has 0 nitrogen and oxygen atoms in total. The molecule has 1 unspecified atom stereocenters. The van der Waals surface area contributed by atoms with Crippen LogP contribution in [-0.2, 0) is 0 Å². The molecule has 1 fully saturated rings. The van der Waals surface area contributed by atoms with Gasteiger partial charge in [-0.25, -0.2) is 0 Å². The van der Waals surface area contributed by atoms with E-state index < -0.39 is 0 Å². The van der Waals surface area contributed by atoms with Gasteiger partial charge in [0, 0.05) is 0 Å². The Bertz CT molecular complexity index is 101. The van der Waals surface area contributed by atoms with Gasteiger partial charge in [-0.05, 0) is 31.1 Å². The first-order valence-corrected chi connectivity index (χ1v) is 4.49. The van der Waals surface area contributed by atoms with Gasteiger partial charge in [0.2, 0.25) is 0 Å². The Morgan fingerprint density at radius 3 is 2.70 bits per heavy atom. The van der Waals surface area contributed by atoms with Gasteiger partial charge in [0.05, 0.1) is 0 Å². The molecule has 0 heteroatoms. The molecule has 0 amide bonds. The molecule has 1 atom stereocenters. The van der Waals surface area contributed by atoms with Crippen molar-refractivity contribution >= 4 is 0 Å². The second-order valence-corrected chi connectivity index (χ2v) is 3.41. The van der Waals surface area contributed by atoms with E-state index in [1.54, 1.807) is 0 Å². The number of rotatable bonds is 5. The highest BCUT2D eigenvalue weighted by Gasteiger charge is 2.29. The molecular formula is C10H18. The summed E-state index contributed by atoms with van der Waals surface area (Å²) in [5, 5.41) is 0. The van der Waals surface area contributed by atoms with E-state index >= 15 is 0 Å². The third-order valence-corrected chi connectivity index (χ3v) is 2.42. The first kappa shape index (κ1) is 7.84. The zero-order valence-electron chi connectivity index (χ0n) is 6.97. The molecule has 58 valence electrons. The van der Waals surface area contributed by atoms with Crippen molar-refractivity contribution in [1.82, 2.24) is 0 Å². The van der Waals surface area contributed by atoms with Crippen LogP contribution in [0.3, 0.4) is 0 Å². The molecule has 1 saturated carbocycles. The Balaban J connectivity index is 2.19. The van der Waals surface area contributed by atoms with E-state index in [1.165, 1.54) is 32.1 Å². The largest absolute Gasteiger partial charge is 0.103 e. The summed E-state index contributed by atoms with van der Waals surface area (Å²) in [7, 11) is 0. The van der Waals surface area contributed by atoms with Crippen LogP contribution in [-0.4, -0.2) is 0 Å². The molecule has 0 saturated heterocycles. The van der Waals surface area contributed by atoms with E-state index in [0.717, 1.165) is 11.8 Å². The average molecular weight is 138 g/mol. The van der Waals surface area contributed by atoms with Gasteiger partial charge in [-0.3, -0.25) is 0 Å². The van der Waals surface area contributed by atoms with Crippen LogP contribution in [0.1, 0.15) is 39.0 Å². The molecule has 0 aromatic heterocycles. The van der Waals surface area contributed by atoms with Crippen LogP contribution in [0.15, 0.2) is 12.7 Å². The van der Waals surface area contributed by atoms with E-state index in [1.807, 2.05) is 0 Å². The summed E-state index contributed by atoms with van der Waals surface area (Å²) in [6.45, 7) is 6.07. The van der Waals surface area contributed by atoms with Gasteiger partial charge < -0.3 is 0 Å². The highest BCUT2D eigenvalue weighted by atomic mass is 14.3. The van der Waals surface area contributed by atoms with E-state index in [0.29, 0.717) is 0 Å². The zero-order chi connectivity index (χ0) is 7.40. The molecule has 0 aliphatic heterocycles. The number of hydrogen-bond donors (Lipinski definition) is 0. The number of hydrogen-bond acceptors (Lipinski definition) is 0. The summed E-state index contributed by atoms with van der Waals surface area (Å²) in [4.78, 5) is 0. The molecule has 0 aromatic carbocycles. The average Bonchev–Trinajstić information content (AvgIpc) is 2.69. The highest BCUT2D eigenvalue weighted by molar-refractivity contribution is 4.85. The first-order valence-electron chi connectivity index (χ1n) is 4.49. The van der Waals surface area contributed by atoms with Crippen LogP contribution in [0.4, 0.5) is 0 Å². The molecule has 0 N–H and O–H groups in total. The highest BCUT2D eigenvalue weighted by Crippen LogP contribution is 2.40. The van der Waals surface area contributed by atoms with E-state index in [2.05, 4.69) is 19.6 Å². The van der Waals surface area contributed by atoms with Crippen LogP contribution >= 0.6 is 0 Å². The Hall–Kier alpha value is -0.260. The lowest BCUT2D eigenvalue weighted by Crippen LogP contribution is -2.00. The van der Waals surface area contributed by atoms with Crippen LogP contribution in [0.2, 0.25) is 0 Å². The molecule has 1 rings (SSSR count). The van der Waals surface area contributed by atoms with E-state index in [-0.39, 0.29) is 0 Å². The molecule has 0 aromatic rings. The van der Waals surface area contributed by atoms with Crippen LogP contribution < -0.4 is 0 Å². The van der Waals surface area contributed by atoms with Gasteiger partial charge in [0.25, 0.3) is 0 Å². The second-order valence-electron chi connectivity index (χ2n) is 3.41. The van der Waals surface area contributed by atoms with Crippen molar-refractivity contribution in [3.05, 3.63) is 12.7 Å². The van der Waals surface area contributed by atoms with E-state index in [9.17, 15) is 0 Å². The van der Waals surface area contributed by atoms with Crippen molar-refractivity contribution in [3.8, 4) is 0 Å².